The molecule has 1 aromatic rings. The van der Waals surface area contributed by atoms with Crippen molar-refractivity contribution in [1.82, 2.24) is 15.5 Å². The van der Waals surface area contributed by atoms with Gasteiger partial charge in [-0.15, -0.1) is 0 Å². The fourth-order valence-electron chi connectivity index (χ4n) is 2.98. The summed E-state index contributed by atoms with van der Waals surface area (Å²) in [5.41, 5.74) is 0. The zero-order chi connectivity index (χ0) is 12.9. The lowest BCUT2D eigenvalue weighted by molar-refractivity contribution is 0.0773. The lowest BCUT2D eigenvalue weighted by atomic mass is 9.93. The summed E-state index contributed by atoms with van der Waals surface area (Å²) in [6.45, 7) is 3.92. The van der Waals surface area contributed by atoms with E-state index in [1.165, 1.54) is 19.3 Å². The highest BCUT2D eigenvalue weighted by Crippen LogP contribution is 2.24. The van der Waals surface area contributed by atoms with Crippen molar-refractivity contribution in [1.29, 1.82) is 0 Å². The highest BCUT2D eigenvalue weighted by atomic mass is 16.5. The molecular formula is C14H23N3O2. The molecule has 0 aromatic carbocycles. The molecule has 1 N–H and O–H groups in total. The van der Waals surface area contributed by atoms with Gasteiger partial charge in [0.05, 0.1) is 6.61 Å². The van der Waals surface area contributed by atoms with Crippen LogP contribution in [0.3, 0.4) is 0 Å². The van der Waals surface area contributed by atoms with E-state index >= 15 is 0 Å². The molecule has 0 bridgehead atoms. The van der Waals surface area contributed by atoms with E-state index in [0.717, 1.165) is 63.2 Å². The number of ether oxygens (including phenoxy) is 1. The molecule has 1 atom stereocenters. The number of hydrogen-bond acceptors (Lipinski definition) is 5. The molecular weight excluding hydrogens is 242 g/mol. The number of aromatic nitrogens is 2. The van der Waals surface area contributed by atoms with E-state index in [1.54, 1.807) is 0 Å². The van der Waals surface area contributed by atoms with Gasteiger partial charge in [0, 0.05) is 18.9 Å². The van der Waals surface area contributed by atoms with Crippen LogP contribution in [0, 0.1) is 5.92 Å². The molecule has 3 heterocycles. The first kappa shape index (κ1) is 13.1. The largest absolute Gasteiger partial charge is 0.381 e. The Morgan fingerprint density at radius 1 is 1.21 bits per heavy atom. The van der Waals surface area contributed by atoms with Crippen molar-refractivity contribution in [3.8, 4) is 0 Å². The van der Waals surface area contributed by atoms with Crippen LogP contribution in [0.5, 0.6) is 0 Å². The zero-order valence-corrected chi connectivity index (χ0v) is 11.4. The van der Waals surface area contributed by atoms with Gasteiger partial charge in [0.1, 0.15) is 0 Å². The van der Waals surface area contributed by atoms with Crippen LogP contribution in [-0.2, 0) is 11.2 Å². The molecule has 0 amide bonds. The van der Waals surface area contributed by atoms with E-state index < -0.39 is 0 Å². The maximum absolute atomic E-state index is 5.47. The SMILES string of the molecule is C1COCC(c2noc(CCC3CCNCC3)n2)C1. The molecule has 0 aliphatic carbocycles. The predicted octanol–water partition coefficient (Wildman–Crippen LogP) is 1.90. The first-order chi connectivity index (χ1) is 9.42. The molecule has 0 saturated carbocycles. The normalized spacial score (nSPS) is 25.6. The molecule has 19 heavy (non-hydrogen) atoms. The van der Waals surface area contributed by atoms with Gasteiger partial charge in [-0.05, 0) is 51.1 Å². The second kappa shape index (κ2) is 6.48. The van der Waals surface area contributed by atoms with E-state index in [-0.39, 0.29) is 0 Å². The average Bonchev–Trinajstić information content (AvgIpc) is 2.96. The molecule has 0 radical (unpaired) electrons. The van der Waals surface area contributed by atoms with Crippen molar-refractivity contribution < 1.29 is 9.26 Å². The minimum absolute atomic E-state index is 0.338. The van der Waals surface area contributed by atoms with E-state index in [2.05, 4.69) is 15.5 Å². The van der Waals surface area contributed by atoms with Gasteiger partial charge in [-0.2, -0.15) is 4.98 Å². The molecule has 5 heteroatoms. The van der Waals surface area contributed by atoms with E-state index in [1.807, 2.05) is 0 Å². The van der Waals surface area contributed by atoms with Crippen molar-refractivity contribution >= 4 is 0 Å². The van der Waals surface area contributed by atoms with Gasteiger partial charge in [-0.3, -0.25) is 0 Å². The first-order valence-corrected chi connectivity index (χ1v) is 7.53. The van der Waals surface area contributed by atoms with Crippen LogP contribution in [0.4, 0.5) is 0 Å². The summed E-state index contributed by atoms with van der Waals surface area (Å²) >= 11 is 0. The Labute approximate surface area is 114 Å². The van der Waals surface area contributed by atoms with Gasteiger partial charge in [0.2, 0.25) is 5.89 Å². The summed E-state index contributed by atoms with van der Waals surface area (Å²) in [7, 11) is 0. The summed E-state index contributed by atoms with van der Waals surface area (Å²) in [6.07, 6.45) is 6.86. The monoisotopic (exact) mass is 265 g/mol. The Hall–Kier alpha value is -0.940. The molecule has 2 saturated heterocycles. The van der Waals surface area contributed by atoms with Crippen LogP contribution in [-0.4, -0.2) is 36.4 Å². The molecule has 0 spiro atoms. The number of nitrogens with zero attached hydrogens (tertiary/aromatic N) is 2. The topological polar surface area (TPSA) is 60.2 Å². The third kappa shape index (κ3) is 3.54. The fraction of sp³-hybridized carbons (Fsp3) is 0.857. The van der Waals surface area contributed by atoms with Gasteiger partial charge in [-0.1, -0.05) is 5.16 Å². The molecule has 1 aromatic heterocycles. The molecule has 1 unspecified atom stereocenters. The van der Waals surface area contributed by atoms with Gasteiger partial charge >= 0.3 is 0 Å². The number of piperidine rings is 1. The maximum Gasteiger partial charge on any atom is 0.226 e. The molecule has 3 rings (SSSR count). The second-order valence-corrected chi connectivity index (χ2v) is 5.69. The minimum atomic E-state index is 0.338. The highest BCUT2D eigenvalue weighted by Gasteiger charge is 2.22. The highest BCUT2D eigenvalue weighted by molar-refractivity contribution is 4.97. The summed E-state index contributed by atoms with van der Waals surface area (Å²) < 4.78 is 10.8. The molecule has 2 aliphatic rings. The second-order valence-electron chi connectivity index (χ2n) is 5.69. The Morgan fingerprint density at radius 3 is 2.89 bits per heavy atom. The number of nitrogens with one attached hydrogen (secondary N) is 1. The molecule has 2 fully saturated rings. The lowest BCUT2D eigenvalue weighted by Gasteiger charge is -2.21. The van der Waals surface area contributed by atoms with E-state index in [0.29, 0.717) is 5.92 Å². The number of rotatable bonds is 4. The quantitative estimate of drug-likeness (QED) is 0.901. The van der Waals surface area contributed by atoms with Gasteiger partial charge in [-0.25, -0.2) is 0 Å². The van der Waals surface area contributed by atoms with Gasteiger partial charge < -0.3 is 14.6 Å². The van der Waals surface area contributed by atoms with Crippen LogP contribution in [0.15, 0.2) is 4.52 Å². The van der Waals surface area contributed by atoms with Crippen LogP contribution >= 0.6 is 0 Å². The Balaban J connectivity index is 1.49. The van der Waals surface area contributed by atoms with Crippen molar-refractivity contribution in [2.24, 2.45) is 5.92 Å². The minimum Gasteiger partial charge on any atom is -0.381 e. The third-order valence-corrected chi connectivity index (χ3v) is 4.23. The van der Waals surface area contributed by atoms with Crippen molar-refractivity contribution in [2.75, 3.05) is 26.3 Å². The number of hydrogen-bond donors (Lipinski definition) is 1. The van der Waals surface area contributed by atoms with Crippen LogP contribution in [0.1, 0.15) is 49.7 Å². The van der Waals surface area contributed by atoms with E-state index in [4.69, 9.17) is 9.26 Å². The average molecular weight is 265 g/mol. The molecule has 2 aliphatic heterocycles. The summed E-state index contributed by atoms with van der Waals surface area (Å²) in [5.74, 6) is 2.80. The Morgan fingerprint density at radius 2 is 2.11 bits per heavy atom. The van der Waals surface area contributed by atoms with Crippen molar-refractivity contribution in [3.63, 3.8) is 0 Å². The van der Waals surface area contributed by atoms with Crippen LogP contribution in [0.2, 0.25) is 0 Å². The Kier molecular flexibility index (Phi) is 4.45. The van der Waals surface area contributed by atoms with E-state index in [9.17, 15) is 0 Å². The summed E-state index contributed by atoms with van der Waals surface area (Å²) in [5, 5.41) is 7.52. The van der Waals surface area contributed by atoms with Crippen molar-refractivity contribution in [3.05, 3.63) is 11.7 Å². The maximum atomic E-state index is 5.47. The Bertz CT molecular complexity index is 382. The smallest absolute Gasteiger partial charge is 0.226 e. The molecule has 106 valence electrons. The van der Waals surface area contributed by atoms with Crippen molar-refractivity contribution in [2.45, 2.75) is 44.4 Å². The zero-order valence-electron chi connectivity index (χ0n) is 11.4. The first-order valence-electron chi connectivity index (χ1n) is 7.53. The van der Waals surface area contributed by atoms with Gasteiger partial charge in [0.25, 0.3) is 0 Å². The van der Waals surface area contributed by atoms with Crippen LogP contribution in [0.25, 0.3) is 0 Å². The predicted molar refractivity (Wildman–Crippen MR) is 71.0 cm³/mol. The van der Waals surface area contributed by atoms with Gasteiger partial charge in [0.15, 0.2) is 5.82 Å². The lowest BCUT2D eigenvalue weighted by Crippen LogP contribution is -2.27. The number of aryl methyl sites for hydroxylation is 1. The fourth-order valence-corrected chi connectivity index (χ4v) is 2.98. The van der Waals surface area contributed by atoms with Crippen LogP contribution < -0.4 is 5.32 Å². The summed E-state index contributed by atoms with van der Waals surface area (Å²) in [6, 6.07) is 0. The summed E-state index contributed by atoms with van der Waals surface area (Å²) in [4.78, 5) is 4.54. The third-order valence-electron chi connectivity index (χ3n) is 4.23. The molecule has 5 nitrogen and oxygen atoms in total. The standard InChI is InChI=1S/C14H23N3O2/c1-2-12(10-18-9-1)14-16-13(19-17-14)4-3-11-5-7-15-8-6-11/h11-12,15H,1-10H2.